The lowest BCUT2D eigenvalue weighted by molar-refractivity contribution is -0.137. The van der Waals surface area contributed by atoms with Gasteiger partial charge in [-0.25, -0.2) is 4.98 Å². The molecule has 1 fully saturated rings. The zero-order valence-corrected chi connectivity index (χ0v) is 24.4. The average molecular weight is 613 g/mol. The molecule has 3 aromatic heterocycles. The molecule has 5 heterocycles. The van der Waals surface area contributed by atoms with E-state index in [1.54, 1.807) is 27.1 Å². The maximum absolute atomic E-state index is 13.7. The van der Waals surface area contributed by atoms with E-state index in [-0.39, 0.29) is 24.0 Å². The summed E-state index contributed by atoms with van der Waals surface area (Å²) < 4.78 is 48.6. The number of alkyl halides is 3. The minimum absolute atomic E-state index is 0.00889. The minimum Gasteiger partial charge on any atom is -0.492 e. The van der Waals surface area contributed by atoms with Crippen LogP contribution in [0.25, 0.3) is 5.65 Å². The second-order valence-electron chi connectivity index (χ2n) is 10.8. The van der Waals surface area contributed by atoms with Gasteiger partial charge in [-0.2, -0.15) is 13.2 Å². The number of aromatic nitrogens is 2. The van der Waals surface area contributed by atoms with Gasteiger partial charge in [-0.15, -0.1) is 11.3 Å². The normalized spacial score (nSPS) is 16.3. The number of halogens is 3. The van der Waals surface area contributed by atoms with Gasteiger partial charge in [0, 0.05) is 67.5 Å². The Labute approximate surface area is 250 Å². The van der Waals surface area contributed by atoms with Crippen molar-refractivity contribution >= 4 is 34.5 Å². The summed E-state index contributed by atoms with van der Waals surface area (Å²) in [5, 5.41) is 4.35. The van der Waals surface area contributed by atoms with Gasteiger partial charge in [-0.05, 0) is 43.3 Å². The molecule has 1 aromatic carbocycles. The Morgan fingerprint density at radius 3 is 2.70 bits per heavy atom. The Kier molecular flexibility index (Phi) is 8.12. The van der Waals surface area contributed by atoms with Gasteiger partial charge >= 0.3 is 6.18 Å². The average Bonchev–Trinajstić information content (AvgIpc) is 3.62. The van der Waals surface area contributed by atoms with Crippen LogP contribution in [0.15, 0.2) is 54.2 Å². The van der Waals surface area contributed by atoms with E-state index in [1.807, 2.05) is 18.2 Å². The number of ether oxygens (including phenoxy) is 1. The second-order valence-corrected chi connectivity index (χ2v) is 11.8. The molecule has 1 N–H and O–H groups in total. The molecule has 4 aromatic rings. The number of hydrogen-bond acceptors (Lipinski definition) is 7. The number of thiophene rings is 1. The molecule has 2 amide bonds. The third-order valence-electron chi connectivity index (χ3n) is 7.88. The van der Waals surface area contributed by atoms with E-state index < -0.39 is 17.6 Å². The summed E-state index contributed by atoms with van der Waals surface area (Å²) in [4.78, 5) is 37.9. The molecule has 0 radical (unpaired) electrons. The minimum atomic E-state index is -4.60. The highest BCUT2D eigenvalue weighted by atomic mass is 32.1. The van der Waals surface area contributed by atoms with Crippen LogP contribution >= 0.6 is 11.3 Å². The van der Waals surface area contributed by atoms with Crippen LogP contribution in [0.4, 0.5) is 18.9 Å². The van der Waals surface area contributed by atoms with E-state index >= 15 is 0 Å². The van der Waals surface area contributed by atoms with E-state index in [1.165, 1.54) is 17.4 Å². The first-order chi connectivity index (χ1) is 20.7. The Morgan fingerprint density at radius 1 is 1.09 bits per heavy atom. The number of carbonyl (C=O) groups is 2. The molecule has 1 saturated heterocycles. The van der Waals surface area contributed by atoms with Gasteiger partial charge in [-0.1, -0.05) is 6.07 Å². The van der Waals surface area contributed by atoms with Crippen LogP contribution in [0, 0.1) is 0 Å². The Hall–Kier alpha value is -3.94. The third kappa shape index (κ3) is 6.38. The van der Waals surface area contributed by atoms with Gasteiger partial charge in [0.15, 0.2) is 0 Å². The summed E-state index contributed by atoms with van der Waals surface area (Å²) in [5.74, 6) is -0.609. The van der Waals surface area contributed by atoms with Crippen molar-refractivity contribution in [3.8, 4) is 5.75 Å². The first kappa shape index (κ1) is 29.1. The smallest absolute Gasteiger partial charge is 0.416 e. The number of nitrogens with one attached hydrogen (secondary N) is 1. The number of nitrogens with zero attached hydrogens (tertiary/aromatic N) is 5. The molecular weight excluding hydrogens is 581 g/mol. The second kappa shape index (κ2) is 12.0. The maximum atomic E-state index is 13.7. The van der Waals surface area contributed by atoms with E-state index in [4.69, 9.17) is 4.74 Å². The molecule has 9 nitrogen and oxygen atoms in total. The number of pyridine rings is 1. The standard InChI is InChI=1S/C30H31F3N6O3S/c1-36-8-10-37(11-9-36)12-13-42-22-15-20(30(31,32)33)14-21(16-22)35-28(40)24-19-43-26-18-38(7-5-23(24)26)29(41)25-17-34-27-4-2-3-6-39(25)27/h2-4,6,14-17,19H,5,7-13,18H2,1H3,(H,35,40). The summed E-state index contributed by atoms with van der Waals surface area (Å²) in [7, 11) is 2.05. The predicted molar refractivity (Wildman–Crippen MR) is 157 cm³/mol. The summed E-state index contributed by atoms with van der Waals surface area (Å²) in [6.07, 6.45) is -0.807. The van der Waals surface area contributed by atoms with Crippen molar-refractivity contribution in [3.63, 3.8) is 0 Å². The molecule has 0 saturated carbocycles. The highest BCUT2D eigenvalue weighted by Crippen LogP contribution is 2.35. The molecule has 2 aliphatic heterocycles. The molecule has 13 heteroatoms. The summed E-state index contributed by atoms with van der Waals surface area (Å²) in [6.45, 7) is 5.19. The first-order valence-corrected chi connectivity index (χ1v) is 14.9. The van der Waals surface area contributed by atoms with Crippen molar-refractivity contribution in [2.45, 2.75) is 19.1 Å². The molecule has 43 heavy (non-hydrogen) atoms. The number of hydrogen-bond donors (Lipinski definition) is 1. The number of rotatable bonds is 7. The van der Waals surface area contributed by atoms with E-state index in [9.17, 15) is 22.8 Å². The van der Waals surface area contributed by atoms with Crippen molar-refractivity contribution in [1.29, 1.82) is 0 Å². The molecule has 0 aliphatic carbocycles. The number of benzene rings is 1. The van der Waals surface area contributed by atoms with Crippen LogP contribution in [0.5, 0.6) is 5.75 Å². The number of imidazole rings is 1. The SMILES string of the molecule is CN1CCN(CCOc2cc(NC(=O)c3csc4c3CCN(C(=O)c3cnc5ccccn35)C4)cc(C(F)(F)F)c2)CC1. The van der Waals surface area contributed by atoms with Crippen LogP contribution in [0.3, 0.4) is 0 Å². The first-order valence-electron chi connectivity index (χ1n) is 14.0. The fourth-order valence-electron chi connectivity index (χ4n) is 5.43. The number of carbonyl (C=O) groups excluding carboxylic acids is 2. The largest absolute Gasteiger partial charge is 0.492 e. The maximum Gasteiger partial charge on any atom is 0.416 e. The Morgan fingerprint density at radius 2 is 1.91 bits per heavy atom. The molecule has 0 unspecified atom stereocenters. The van der Waals surface area contributed by atoms with Gasteiger partial charge in [0.2, 0.25) is 0 Å². The van der Waals surface area contributed by atoms with Crippen molar-refractivity contribution < 1.29 is 27.5 Å². The Balaban J connectivity index is 1.13. The van der Waals surface area contributed by atoms with Gasteiger partial charge in [0.05, 0.1) is 23.9 Å². The van der Waals surface area contributed by atoms with Crippen molar-refractivity contribution in [2.75, 3.05) is 58.2 Å². The zero-order chi connectivity index (χ0) is 30.1. The lowest BCUT2D eigenvalue weighted by Gasteiger charge is -2.32. The molecule has 6 rings (SSSR count). The highest BCUT2D eigenvalue weighted by molar-refractivity contribution is 7.10. The monoisotopic (exact) mass is 612 g/mol. The van der Waals surface area contributed by atoms with Crippen molar-refractivity contribution in [1.82, 2.24) is 24.1 Å². The molecule has 2 aliphatic rings. The lowest BCUT2D eigenvalue weighted by Crippen LogP contribution is -2.45. The van der Waals surface area contributed by atoms with Crippen molar-refractivity contribution in [3.05, 3.63) is 81.4 Å². The van der Waals surface area contributed by atoms with Gasteiger partial charge in [-0.3, -0.25) is 18.9 Å². The van der Waals surface area contributed by atoms with E-state index in [0.29, 0.717) is 43.0 Å². The van der Waals surface area contributed by atoms with Gasteiger partial charge in [0.25, 0.3) is 11.8 Å². The third-order valence-corrected chi connectivity index (χ3v) is 8.89. The number of fused-ring (bicyclic) bond motifs is 2. The quantitative estimate of drug-likeness (QED) is 0.331. The van der Waals surface area contributed by atoms with Crippen LogP contribution in [0.2, 0.25) is 0 Å². The van der Waals surface area contributed by atoms with Crippen molar-refractivity contribution in [2.24, 2.45) is 0 Å². The van der Waals surface area contributed by atoms with Gasteiger partial charge in [0.1, 0.15) is 23.7 Å². The molecule has 0 atom stereocenters. The fraction of sp³-hybridized carbons (Fsp3) is 0.367. The lowest BCUT2D eigenvalue weighted by atomic mass is 10.0. The zero-order valence-electron chi connectivity index (χ0n) is 23.6. The molecular formula is C30H31F3N6O3S. The number of piperazine rings is 1. The number of amides is 2. The topological polar surface area (TPSA) is 82.4 Å². The van der Waals surface area contributed by atoms with Crippen LogP contribution in [0.1, 0.15) is 36.9 Å². The Bertz CT molecular complexity index is 1640. The van der Waals surface area contributed by atoms with Crippen LogP contribution in [-0.2, 0) is 19.1 Å². The van der Waals surface area contributed by atoms with E-state index in [0.717, 1.165) is 48.8 Å². The highest BCUT2D eigenvalue weighted by Gasteiger charge is 2.32. The fourth-order valence-corrected chi connectivity index (χ4v) is 6.52. The van der Waals surface area contributed by atoms with Gasteiger partial charge < -0.3 is 19.9 Å². The summed E-state index contributed by atoms with van der Waals surface area (Å²) in [5.41, 5.74) is 1.46. The molecule has 226 valence electrons. The number of anilines is 1. The predicted octanol–water partition coefficient (Wildman–Crippen LogP) is 4.49. The van der Waals surface area contributed by atoms with Crippen LogP contribution < -0.4 is 10.1 Å². The van der Waals surface area contributed by atoms with E-state index in [2.05, 4.69) is 27.1 Å². The molecule has 0 bridgehead atoms. The summed E-state index contributed by atoms with van der Waals surface area (Å²) >= 11 is 1.36. The number of likely N-dealkylation sites (N-methyl/N-ethyl adjacent to an activating group) is 1. The summed E-state index contributed by atoms with van der Waals surface area (Å²) in [6, 6.07) is 8.81. The van der Waals surface area contributed by atoms with Crippen LogP contribution in [-0.4, -0.2) is 88.8 Å². The molecule has 0 spiro atoms.